The van der Waals surface area contributed by atoms with Crippen LogP contribution in [0.2, 0.25) is 0 Å². The first-order valence-electron chi connectivity index (χ1n) is 4.20. The van der Waals surface area contributed by atoms with E-state index in [2.05, 4.69) is 33.0 Å². The molecule has 0 amide bonds. The predicted molar refractivity (Wildman–Crippen MR) is 51.7 cm³/mol. The Kier molecular flexibility index (Phi) is 4.45. The van der Waals surface area contributed by atoms with E-state index in [1.165, 1.54) is 0 Å². The number of aliphatic hydroxyl groups is 1. The van der Waals surface area contributed by atoms with Gasteiger partial charge in [-0.25, -0.2) is 0 Å². The Bertz CT molecular complexity index is 149. The van der Waals surface area contributed by atoms with Gasteiger partial charge in [0.25, 0.3) is 0 Å². The van der Waals surface area contributed by atoms with Crippen LogP contribution in [0.4, 0.5) is 0 Å². The molecule has 0 aromatic carbocycles. The first kappa shape index (κ1) is 11.6. The molecule has 12 heavy (non-hydrogen) atoms. The minimum absolute atomic E-state index is 0.559. The standard InChI is InChI=1S/C9H21N2O/c1-8(2)9(12)10-6-7-11(3,4)5/h9-10,12H,1,6-7H2,2-5H3/q+1. The Morgan fingerprint density at radius 1 is 1.50 bits per heavy atom. The Balaban J connectivity index is 3.51. The molecule has 0 saturated heterocycles. The van der Waals surface area contributed by atoms with E-state index in [0.29, 0.717) is 0 Å². The van der Waals surface area contributed by atoms with E-state index in [1.54, 1.807) is 0 Å². The van der Waals surface area contributed by atoms with Crippen molar-refractivity contribution >= 4 is 0 Å². The van der Waals surface area contributed by atoms with Crippen molar-refractivity contribution < 1.29 is 9.59 Å². The SMILES string of the molecule is C=C(C)C(O)NCC[N+](C)(C)C. The number of hydrogen-bond donors (Lipinski definition) is 2. The van der Waals surface area contributed by atoms with E-state index in [9.17, 15) is 5.11 Å². The van der Waals surface area contributed by atoms with Gasteiger partial charge in [-0.1, -0.05) is 6.58 Å². The molecule has 0 bridgehead atoms. The Hall–Kier alpha value is -0.380. The maximum atomic E-state index is 9.31. The summed E-state index contributed by atoms with van der Waals surface area (Å²) in [5, 5.41) is 12.3. The monoisotopic (exact) mass is 173 g/mol. The number of hydrogen-bond acceptors (Lipinski definition) is 2. The Morgan fingerprint density at radius 2 is 2.00 bits per heavy atom. The van der Waals surface area contributed by atoms with Gasteiger partial charge in [0.15, 0.2) is 0 Å². The third-order valence-electron chi connectivity index (χ3n) is 1.59. The van der Waals surface area contributed by atoms with E-state index < -0.39 is 6.23 Å². The molecule has 0 spiro atoms. The minimum Gasteiger partial charge on any atom is -0.375 e. The van der Waals surface area contributed by atoms with Gasteiger partial charge in [-0.2, -0.15) is 0 Å². The second-order valence-electron chi connectivity index (χ2n) is 4.22. The van der Waals surface area contributed by atoms with E-state index >= 15 is 0 Å². The number of rotatable bonds is 5. The molecule has 0 fully saturated rings. The van der Waals surface area contributed by atoms with E-state index in [-0.39, 0.29) is 0 Å². The van der Waals surface area contributed by atoms with E-state index in [1.807, 2.05) is 6.92 Å². The van der Waals surface area contributed by atoms with Crippen LogP contribution in [0.5, 0.6) is 0 Å². The Labute approximate surface area is 75.3 Å². The number of aliphatic hydroxyl groups excluding tert-OH is 1. The van der Waals surface area contributed by atoms with Crippen molar-refractivity contribution in [1.82, 2.24) is 5.32 Å². The molecule has 0 radical (unpaired) electrons. The lowest BCUT2D eigenvalue weighted by molar-refractivity contribution is -0.869. The molecule has 3 nitrogen and oxygen atoms in total. The van der Waals surface area contributed by atoms with Gasteiger partial charge in [-0.3, -0.25) is 5.32 Å². The topological polar surface area (TPSA) is 32.3 Å². The van der Waals surface area contributed by atoms with Gasteiger partial charge in [-0.05, 0) is 12.5 Å². The quantitative estimate of drug-likeness (QED) is 0.353. The summed E-state index contributed by atoms with van der Waals surface area (Å²) in [6, 6.07) is 0. The summed E-state index contributed by atoms with van der Waals surface area (Å²) in [5.41, 5.74) is 0.761. The lowest BCUT2D eigenvalue weighted by atomic mass is 10.3. The normalized spacial score (nSPS) is 14.4. The zero-order chi connectivity index (χ0) is 9.78. The summed E-state index contributed by atoms with van der Waals surface area (Å²) in [6.07, 6.45) is -0.559. The molecule has 0 aliphatic heterocycles. The molecule has 0 aliphatic rings. The second-order valence-corrected chi connectivity index (χ2v) is 4.22. The van der Waals surface area contributed by atoms with Gasteiger partial charge in [0.2, 0.25) is 0 Å². The first-order chi connectivity index (χ1) is 5.33. The molecule has 0 rings (SSSR count). The fraction of sp³-hybridized carbons (Fsp3) is 0.778. The summed E-state index contributed by atoms with van der Waals surface area (Å²) in [6.45, 7) is 7.26. The summed E-state index contributed by atoms with van der Waals surface area (Å²) < 4.78 is 0.899. The largest absolute Gasteiger partial charge is 0.375 e. The van der Waals surface area contributed by atoms with E-state index in [0.717, 1.165) is 23.1 Å². The average Bonchev–Trinajstić information content (AvgIpc) is 1.84. The fourth-order valence-corrected chi connectivity index (χ4v) is 0.711. The van der Waals surface area contributed by atoms with Crippen LogP contribution >= 0.6 is 0 Å². The lowest BCUT2D eigenvalue weighted by Crippen LogP contribution is -2.43. The maximum Gasteiger partial charge on any atom is 0.126 e. The molecule has 0 saturated carbocycles. The highest BCUT2D eigenvalue weighted by atomic mass is 16.3. The van der Waals surface area contributed by atoms with Crippen molar-refractivity contribution in [2.24, 2.45) is 0 Å². The maximum absolute atomic E-state index is 9.31. The smallest absolute Gasteiger partial charge is 0.126 e. The number of quaternary nitrogens is 1. The van der Waals surface area contributed by atoms with Gasteiger partial charge >= 0.3 is 0 Å². The van der Waals surface area contributed by atoms with Crippen LogP contribution in [-0.4, -0.2) is 50.0 Å². The number of nitrogens with zero attached hydrogens (tertiary/aromatic N) is 1. The zero-order valence-electron chi connectivity index (χ0n) is 8.59. The predicted octanol–water partition coefficient (Wildman–Crippen LogP) is 0.177. The fourth-order valence-electron chi connectivity index (χ4n) is 0.711. The summed E-state index contributed by atoms with van der Waals surface area (Å²) in [7, 11) is 6.36. The molecule has 0 aromatic heterocycles. The van der Waals surface area contributed by atoms with Crippen molar-refractivity contribution in [3.8, 4) is 0 Å². The highest BCUT2D eigenvalue weighted by Crippen LogP contribution is 1.93. The molecule has 2 N–H and O–H groups in total. The molecule has 0 heterocycles. The molecule has 0 aliphatic carbocycles. The molecule has 3 heteroatoms. The molecule has 0 aromatic rings. The number of likely N-dealkylation sites (N-methyl/N-ethyl adjacent to an activating group) is 1. The number of nitrogens with one attached hydrogen (secondary N) is 1. The van der Waals surface area contributed by atoms with Crippen molar-refractivity contribution in [3.05, 3.63) is 12.2 Å². The van der Waals surface area contributed by atoms with Crippen LogP contribution in [0.15, 0.2) is 12.2 Å². The highest BCUT2D eigenvalue weighted by Gasteiger charge is 2.08. The van der Waals surface area contributed by atoms with Crippen LogP contribution in [-0.2, 0) is 0 Å². The van der Waals surface area contributed by atoms with Crippen LogP contribution in [0.1, 0.15) is 6.92 Å². The van der Waals surface area contributed by atoms with Crippen molar-refractivity contribution in [3.63, 3.8) is 0 Å². The molecular formula is C9H21N2O+. The zero-order valence-corrected chi connectivity index (χ0v) is 8.59. The van der Waals surface area contributed by atoms with Gasteiger partial charge in [-0.15, -0.1) is 0 Å². The van der Waals surface area contributed by atoms with Crippen molar-refractivity contribution in [1.29, 1.82) is 0 Å². The summed E-state index contributed by atoms with van der Waals surface area (Å²) in [5.74, 6) is 0. The van der Waals surface area contributed by atoms with Crippen LogP contribution in [0.25, 0.3) is 0 Å². The summed E-state index contributed by atoms with van der Waals surface area (Å²) in [4.78, 5) is 0. The average molecular weight is 173 g/mol. The first-order valence-corrected chi connectivity index (χ1v) is 4.20. The lowest BCUT2D eigenvalue weighted by Gasteiger charge is -2.24. The molecule has 1 atom stereocenters. The molecular weight excluding hydrogens is 152 g/mol. The summed E-state index contributed by atoms with van der Waals surface area (Å²) >= 11 is 0. The van der Waals surface area contributed by atoms with Gasteiger partial charge < -0.3 is 9.59 Å². The van der Waals surface area contributed by atoms with Crippen molar-refractivity contribution in [2.45, 2.75) is 13.2 Å². The van der Waals surface area contributed by atoms with Crippen LogP contribution in [0, 0.1) is 0 Å². The molecule has 1 unspecified atom stereocenters. The highest BCUT2D eigenvalue weighted by molar-refractivity contribution is 4.94. The Morgan fingerprint density at radius 3 is 2.33 bits per heavy atom. The van der Waals surface area contributed by atoms with Gasteiger partial charge in [0.05, 0.1) is 27.7 Å². The minimum atomic E-state index is -0.559. The third-order valence-corrected chi connectivity index (χ3v) is 1.59. The van der Waals surface area contributed by atoms with E-state index in [4.69, 9.17) is 0 Å². The second kappa shape index (κ2) is 4.60. The van der Waals surface area contributed by atoms with Crippen LogP contribution < -0.4 is 5.32 Å². The third kappa shape index (κ3) is 6.34. The van der Waals surface area contributed by atoms with Gasteiger partial charge in [0, 0.05) is 6.54 Å². The van der Waals surface area contributed by atoms with Crippen molar-refractivity contribution in [2.75, 3.05) is 34.2 Å². The van der Waals surface area contributed by atoms with Crippen LogP contribution in [0.3, 0.4) is 0 Å². The molecule has 72 valence electrons. The van der Waals surface area contributed by atoms with Gasteiger partial charge in [0.1, 0.15) is 6.23 Å².